The lowest BCUT2D eigenvalue weighted by atomic mass is 10.2. The second kappa shape index (κ2) is 6.12. The number of urea groups is 1. The first-order valence-electron chi connectivity index (χ1n) is 6.73. The molecule has 2 aromatic carbocycles. The van der Waals surface area contributed by atoms with Crippen molar-refractivity contribution < 1.29 is 4.79 Å². The average Bonchev–Trinajstić information content (AvgIpc) is 2.46. The minimum Gasteiger partial charge on any atom is -0.308 e. The summed E-state index contributed by atoms with van der Waals surface area (Å²) in [5.74, 6) is 0. The van der Waals surface area contributed by atoms with Gasteiger partial charge in [0.05, 0.1) is 5.69 Å². The summed E-state index contributed by atoms with van der Waals surface area (Å²) < 4.78 is 0.947. The van der Waals surface area contributed by atoms with Gasteiger partial charge < -0.3 is 5.32 Å². The van der Waals surface area contributed by atoms with Crippen molar-refractivity contribution in [3.8, 4) is 0 Å². The lowest BCUT2D eigenvalue weighted by Crippen LogP contribution is -2.41. The molecule has 5 heteroatoms. The number of para-hydroxylation sites is 1. The molecule has 0 saturated carbocycles. The zero-order valence-electron chi connectivity index (χ0n) is 11.5. The van der Waals surface area contributed by atoms with Crippen molar-refractivity contribution in [2.24, 2.45) is 0 Å². The van der Waals surface area contributed by atoms with Crippen LogP contribution in [-0.2, 0) is 0 Å². The molecule has 2 aromatic rings. The van der Waals surface area contributed by atoms with Gasteiger partial charge >= 0.3 is 6.03 Å². The second-order valence-electron chi connectivity index (χ2n) is 4.95. The van der Waals surface area contributed by atoms with E-state index in [4.69, 9.17) is 0 Å². The second-order valence-corrected chi connectivity index (χ2v) is 7.34. The van der Waals surface area contributed by atoms with Gasteiger partial charge in [-0.1, -0.05) is 41.1 Å². The van der Waals surface area contributed by atoms with Crippen LogP contribution in [0.4, 0.5) is 16.2 Å². The van der Waals surface area contributed by atoms with Crippen LogP contribution in [0.3, 0.4) is 0 Å². The minimum atomic E-state index is -0.0901. The smallest absolute Gasteiger partial charge is 0.308 e. The third-order valence-electron chi connectivity index (χ3n) is 3.24. The molecule has 108 valence electrons. The van der Waals surface area contributed by atoms with Crippen LogP contribution in [0.25, 0.3) is 0 Å². The first-order valence-corrected chi connectivity index (χ1v) is 8.40. The van der Waals surface area contributed by atoms with E-state index in [1.165, 1.54) is 0 Å². The molecule has 1 aliphatic rings. The Kier molecular flexibility index (Phi) is 4.22. The number of carbonyl (C=O) groups is 1. The summed E-state index contributed by atoms with van der Waals surface area (Å²) in [4.78, 5) is 15.5. The molecular weight excluding hydrogens is 348 g/mol. The molecule has 0 spiro atoms. The molecule has 0 radical (unpaired) electrons. The molecule has 0 unspecified atom stereocenters. The summed E-state index contributed by atoms with van der Waals surface area (Å²) in [6.45, 7) is 2.85. The highest BCUT2D eigenvalue weighted by Crippen LogP contribution is 2.38. The molecule has 0 aliphatic carbocycles. The Labute approximate surface area is 136 Å². The maximum atomic E-state index is 12.6. The van der Waals surface area contributed by atoms with Gasteiger partial charge in [-0.3, -0.25) is 4.90 Å². The monoisotopic (exact) mass is 362 g/mol. The number of halogens is 1. The SMILES string of the molecule is C[C@H]1CN(C(=O)Nc2cccc(Br)c2)c2ccccc2S1. The van der Waals surface area contributed by atoms with Crippen molar-refractivity contribution in [3.05, 3.63) is 53.0 Å². The summed E-state index contributed by atoms with van der Waals surface area (Å²) in [7, 11) is 0. The van der Waals surface area contributed by atoms with E-state index in [1.54, 1.807) is 0 Å². The molecule has 1 N–H and O–H groups in total. The van der Waals surface area contributed by atoms with Crippen LogP contribution >= 0.6 is 27.7 Å². The molecule has 0 bridgehead atoms. The van der Waals surface area contributed by atoms with Gasteiger partial charge in [0.2, 0.25) is 0 Å². The summed E-state index contributed by atoms with van der Waals surface area (Å²) in [6, 6.07) is 15.6. The van der Waals surface area contributed by atoms with Gasteiger partial charge in [-0.05, 0) is 30.3 Å². The van der Waals surface area contributed by atoms with Crippen LogP contribution in [0.2, 0.25) is 0 Å². The van der Waals surface area contributed by atoms with Crippen LogP contribution in [0.1, 0.15) is 6.92 Å². The first-order chi connectivity index (χ1) is 10.1. The summed E-state index contributed by atoms with van der Waals surface area (Å²) in [5, 5.41) is 3.34. The molecule has 1 atom stereocenters. The first kappa shape index (κ1) is 14.5. The fraction of sp³-hybridized carbons (Fsp3) is 0.188. The number of nitrogens with zero attached hydrogens (tertiary/aromatic N) is 1. The molecule has 2 amide bonds. The fourth-order valence-corrected chi connectivity index (χ4v) is 3.85. The van der Waals surface area contributed by atoms with Gasteiger partial charge in [-0.15, -0.1) is 11.8 Å². The molecule has 3 rings (SSSR count). The zero-order valence-corrected chi connectivity index (χ0v) is 13.9. The van der Waals surface area contributed by atoms with Crippen LogP contribution in [0, 0.1) is 0 Å². The number of nitrogens with one attached hydrogen (secondary N) is 1. The van der Waals surface area contributed by atoms with Gasteiger partial charge in [0.25, 0.3) is 0 Å². The fourth-order valence-electron chi connectivity index (χ4n) is 2.34. The van der Waals surface area contributed by atoms with Crippen molar-refractivity contribution in [3.63, 3.8) is 0 Å². The van der Waals surface area contributed by atoms with Crippen molar-refractivity contribution in [2.45, 2.75) is 17.1 Å². The topological polar surface area (TPSA) is 32.3 Å². The van der Waals surface area contributed by atoms with E-state index >= 15 is 0 Å². The number of amides is 2. The molecule has 0 saturated heterocycles. The van der Waals surface area contributed by atoms with Crippen molar-refractivity contribution in [1.29, 1.82) is 0 Å². The Bertz CT molecular complexity index is 677. The Morgan fingerprint density at radius 1 is 1.29 bits per heavy atom. The van der Waals surface area contributed by atoms with Gasteiger partial charge in [-0.25, -0.2) is 4.79 Å². The van der Waals surface area contributed by atoms with E-state index in [1.807, 2.05) is 59.1 Å². The van der Waals surface area contributed by atoms with E-state index in [0.29, 0.717) is 11.8 Å². The highest BCUT2D eigenvalue weighted by atomic mass is 79.9. The predicted molar refractivity (Wildman–Crippen MR) is 92.3 cm³/mol. The normalized spacial score (nSPS) is 17.2. The highest BCUT2D eigenvalue weighted by Gasteiger charge is 2.26. The number of anilines is 2. The van der Waals surface area contributed by atoms with E-state index in [0.717, 1.165) is 20.7 Å². The minimum absolute atomic E-state index is 0.0901. The lowest BCUT2D eigenvalue weighted by molar-refractivity contribution is 0.256. The molecular formula is C16H15BrN2OS. The molecule has 0 fully saturated rings. The van der Waals surface area contributed by atoms with Gasteiger partial charge in [-0.2, -0.15) is 0 Å². The summed E-state index contributed by atoms with van der Waals surface area (Å²) >= 11 is 5.23. The third-order valence-corrected chi connectivity index (χ3v) is 4.89. The number of rotatable bonds is 1. The van der Waals surface area contributed by atoms with Crippen LogP contribution < -0.4 is 10.2 Å². The number of benzene rings is 2. The average molecular weight is 363 g/mol. The molecule has 1 heterocycles. The van der Waals surface area contributed by atoms with Crippen molar-refractivity contribution in [2.75, 3.05) is 16.8 Å². The Balaban J connectivity index is 1.85. The molecule has 0 aromatic heterocycles. The Morgan fingerprint density at radius 3 is 2.90 bits per heavy atom. The van der Waals surface area contributed by atoms with Crippen LogP contribution in [-0.4, -0.2) is 17.8 Å². The molecule has 1 aliphatic heterocycles. The van der Waals surface area contributed by atoms with Crippen molar-refractivity contribution in [1.82, 2.24) is 0 Å². The third kappa shape index (κ3) is 3.24. The highest BCUT2D eigenvalue weighted by molar-refractivity contribution is 9.10. The Morgan fingerprint density at radius 2 is 2.10 bits per heavy atom. The number of hydrogen-bond donors (Lipinski definition) is 1. The van der Waals surface area contributed by atoms with E-state index in [-0.39, 0.29) is 6.03 Å². The van der Waals surface area contributed by atoms with Gasteiger partial charge in [0.1, 0.15) is 0 Å². The molecule has 21 heavy (non-hydrogen) atoms. The van der Waals surface area contributed by atoms with Gasteiger partial charge in [0, 0.05) is 26.9 Å². The largest absolute Gasteiger partial charge is 0.326 e. The number of fused-ring (bicyclic) bond motifs is 1. The van der Waals surface area contributed by atoms with Crippen LogP contribution in [0.5, 0.6) is 0 Å². The van der Waals surface area contributed by atoms with E-state index in [2.05, 4.69) is 34.2 Å². The lowest BCUT2D eigenvalue weighted by Gasteiger charge is -2.32. The zero-order chi connectivity index (χ0) is 14.8. The summed E-state index contributed by atoms with van der Waals surface area (Å²) in [6.07, 6.45) is 0. The maximum absolute atomic E-state index is 12.6. The molecule has 3 nitrogen and oxygen atoms in total. The van der Waals surface area contributed by atoms with Crippen molar-refractivity contribution >= 4 is 45.1 Å². The summed E-state index contributed by atoms with van der Waals surface area (Å²) in [5.41, 5.74) is 1.77. The number of hydrogen-bond acceptors (Lipinski definition) is 2. The van der Waals surface area contributed by atoms with E-state index in [9.17, 15) is 4.79 Å². The Hall–Kier alpha value is -1.46. The van der Waals surface area contributed by atoms with Crippen LogP contribution in [0.15, 0.2) is 57.9 Å². The standard InChI is InChI=1S/C16H15BrN2OS/c1-11-10-19(14-7-2-3-8-15(14)21-11)16(20)18-13-6-4-5-12(17)9-13/h2-9,11H,10H2,1H3,(H,18,20)/t11-/m0/s1. The number of carbonyl (C=O) groups excluding carboxylic acids is 1. The number of thioether (sulfide) groups is 1. The van der Waals surface area contributed by atoms with Gasteiger partial charge in [0.15, 0.2) is 0 Å². The van der Waals surface area contributed by atoms with E-state index < -0.39 is 0 Å². The quantitative estimate of drug-likeness (QED) is 0.775. The maximum Gasteiger partial charge on any atom is 0.326 e. The predicted octanol–water partition coefficient (Wildman–Crippen LogP) is 4.98.